The molecular weight excluding hydrogens is 158 g/mol. The Labute approximate surface area is 70.5 Å². The molecule has 66 valence electrons. The van der Waals surface area contributed by atoms with Crippen molar-refractivity contribution in [3.8, 4) is 0 Å². The molecule has 2 amide bonds. The Kier molecular flexibility index (Phi) is 1.48. The molecule has 0 N–H and O–H groups in total. The Hall–Kier alpha value is -0.900. The molecule has 1 atom stereocenters. The highest BCUT2D eigenvalue weighted by molar-refractivity contribution is 6.02. The van der Waals surface area contributed by atoms with Gasteiger partial charge in [0, 0.05) is 12.8 Å². The first-order chi connectivity index (χ1) is 5.61. The van der Waals surface area contributed by atoms with Crippen LogP contribution >= 0.6 is 0 Å². The summed E-state index contributed by atoms with van der Waals surface area (Å²) in [5, 5.41) is 0. The smallest absolute Gasteiger partial charge is 0.229 e. The highest BCUT2D eigenvalue weighted by atomic mass is 16.6. The van der Waals surface area contributed by atoms with Crippen LogP contribution in [0, 0.1) is 0 Å². The van der Waals surface area contributed by atoms with Crippen molar-refractivity contribution >= 4 is 11.8 Å². The summed E-state index contributed by atoms with van der Waals surface area (Å²) >= 11 is 0. The standard InChI is InChI=1S/C8H11NO3/c1-8(5-12-8)4-9-6(10)2-3-7(9)11/h2-5H2,1H3. The average molecular weight is 169 g/mol. The highest BCUT2D eigenvalue weighted by Gasteiger charge is 2.44. The number of carbonyl (C=O) groups is 2. The predicted molar refractivity (Wildman–Crippen MR) is 40.3 cm³/mol. The Bertz CT molecular complexity index is 229. The van der Waals surface area contributed by atoms with E-state index in [4.69, 9.17) is 4.74 Å². The molecule has 0 radical (unpaired) electrons. The number of hydrogen-bond acceptors (Lipinski definition) is 3. The molecule has 2 aliphatic rings. The number of amides is 2. The zero-order chi connectivity index (χ0) is 8.77. The van der Waals surface area contributed by atoms with E-state index in [1.165, 1.54) is 4.90 Å². The molecule has 12 heavy (non-hydrogen) atoms. The van der Waals surface area contributed by atoms with Crippen LogP contribution in [-0.4, -0.2) is 35.5 Å². The number of ether oxygens (including phenoxy) is 1. The maximum atomic E-state index is 11.1. The minimum absolute atomic E-state index is 0.0586. The van der Waals surface area contributed by atoms with Crippen LogP contribution in [0.3, 0.4) is 0 Å². The van der Waals surface area contributed by atoms with E-state index in [0.717, 1.165) is 0 Å². The zero-order valence-electron chi connectivity index (χ0n) is 7.00. The van der Waals surface area contributed by atoms with E-state index in [1.54, 1.807) is 0 Å². The number of hydrogen-bond donors (Lipinski definition) is 0. The van der Waals surface area contributed by atoms with Crippen molar-refractivity contribution in [1.29, 1.82) is 0 Å². The van der Waals surface area contributed by atoms with Crippen LogP contribution in [0.2, 0.25) is 0 Å². The first kappa shape index (κ1) is 7.73. The SMILES string of the molecule is CC1(CN2C(=O)CCC2=O)CO1. The molecule has 4 heteroatoms. The number of epoxide rings is 1. The summed E-state index contributed by atoms with van der Waals surface area (Å²) in [5.74, 6) is -0.117. The first-order valence-corrected chi connectivity index (χ1v) is 4.08. The molecule has 0 saturated carbocycles. The van der Waals surface area contributed by atoms with Gasteiger partial charge < -0.3 is 4.74 Å². The quantitative estimate of drug-likeness (QED) is 0.429. The molecule has 0 aromatic rings. The van der Waals surface area contributed by atoms with Crippen molar-refractivity contribution in [2.75, 3.05) is 13.2 Å². The van der Waals surface area contributed by atoms with Gasteiger partial charge >= 0.3 is 0 Å². The molecular formula is C8H11NO3. The second-order valence-corrected chi connectivity index (χ2v) is 3.61. The van der Waals surface area contributed by atoms with Crippen molar-refractivity contribution in [2.24, 2.45) is 0 Å². The van der Waals surface area contributed by atoms with Crippen LogP contribution in [0.1, 0.15) is 19.8 Å². The van der Waals surface area contributed by atoms with Gasteiger partial charge in [-0.05, 0) is 6.92 Å². The van der Waals surface area contributed by atoms with Gasteiger partial charge in [0.25, 0.3) is 0 Å². The van der Waals surface area contributed by atoms with E-state index >= 15 is 0 Å². The molecule has 4 nitrogen and oxygen atoms in total. The topological polar surface area (TPSA) is 49.9 Å². The minimum Gasteiger partial charge on any atom is -0.368 e. The monoisotopic (exact) mass is 169 g/mol. The van der Waals surface area contributed by atoms with Gasteiger partial charge in [-0.15, -0.1) is 0 Å². The van der Waals surface area contributed by atoms with Crippen molar-refractivity contribution in [1.82, 2.24) is 4.90 Å². The summed E-state index contributed by atoms with van der Waals surface area (Å²) in [6.45, 7) is 3.00. The lowest BCUT2D eigenvalue weighted by atomic mass is 10.2. The van der Waals surface area contributed by atoms with Crippen LogP contribution in [-0.2, 0) is 14.3 Å². The number of likely N-dealkylation sites (tertiary alicyclic amines) is 1. The third-order valence-electron chi connectivity index (χ3n) is 2.28. The molecule has 0 aromatic heterocycles. The van der Waals surface area contributed by atoms with Gasteiger partial charge in [0.15, 0.2) is 0 Å². The third-order valence-corrected chi connectivity index (χ3v) is 2.28. The van der Waals surface area contributed by atoms with Crippen molar-refractivity contribution in [3.05, 3.63) is 0 Å². The van der Waals surface area contributed by atoms with Gasteiger partial charge in [0.1, 0.15) is 5.60 Å². The molecule has 2 fully saturated rings. The molecule has 0 aliphatic carbocycles. The van der Waals surface area contributed by atoms with Crippen molar-refractivity contribution < 1.29 is 14.3 Å². The fourth-order valence-corrected chi connectivity index (χ4v) is 1.35. The molecule has 2 rings (SSSR count). The lowest BCUT2D eigenvalue weighted by molar-refractivity contribution is -0.139. The normalized spacial score (nSPS) is 34.6. The third kappa shape index (κ3) is 1.22. The lowest BCUT2D eigenvalue weighted by Crippen LogP contribution is -2.36. The fourth-order valence-electron chi connectivity index (χ4n) is 1.35. The number of carbonyl (C=O) groups excluding carboxylic acids is 2. The predicted octanol–water partition coefficient (Wildman–Crippen LogP) is -0.0757. The van der Waals surface area contributed by atoms with Crippen LogP contribution in [0.5, 0.6) is 0 Å². The minimum atomic E-state index is -0.240. The van der Waals surface area contributed by atoms with Crippen molar-refractivity contribution in [2.45, 2.75) is 25.4 Å². The highest BCUT2D eigenvalue weighted by Crippen LogP contribution is 2.28. The van der Waals surface area contributed by atoms with E-state index in [2.05, 4.69) is 0 Å². The molecule has 0 aromatic carbocycles. The molecule has 0 spiro atoms. The fraction of sp³-hybridized carbons (Fsp3) is 0.750. The molecule has 2 saturated heterocycles. The second kappa shape index (κ2) is 2.29. The van der Waals surface area contributed by atoms with Gasteiger partial charge in [-0.1, -0.05) is 0 Å². The molecule has 1 unspecified atom stereocenters. The van der Waals surface area contributed by atoms with Gasteiger partial charge in [0.05, 0.1) is 13.2 Å². The number of imide groups is 1. The summed E-state index contributed by atoms with van der Waals surface area (Å²) in [6, 6.07) is 0. The Morgan fingerprint density at radius 1 is 1.42 bits per heavy atom. The average Bonchev–Trinajstić information content (AvgIpc) is 2.67. The van der Waals surface area contributed by atoms with Crippen LogP contribution in [0.4, 0.5) is 0 Å². The van der Waals surface area contributed by atoms with Crippen LogP contribution in [0.15, 0.2) is 0 Å². The van der Waals surface area contributed by atoms with Gasteiger partial charge in [-0.25, -0.2) is 0 Å². The van der Waals surface area contributed by atoms with Crippen molar-refractivity contribution in [3.63, 3.8) is 0 Å². The maximum Gasteiger partial charge on any atom is 0.229 e. The second-order valence-electron chi connectivity index (χ2n) is 3.61. The summed E-state index contributed by atoms with van der Waals surface area (Å²) in [5.41, 5.74) is -0.240. The summed E-state index contributed by atoms with van der Waals surface area (Å²) in [6.07, 6.45) is 0.740. The summed E-state index contributed by atoms with van der Waals surface area (Å²) in [4.78, 5) is 23.6. The van der Waals surface area contributed by atoms with Crippen LogP contribution < -0.4 is 0 Å². The van der Waals surface area contributed by atoms with Gasteiger partial charge in [-0.3, -0.25) is 14.5 Å². The van der Waals surface area contributed by atoms with E-state index in [9.17, 15) is 9.59 Å². The Morgan fingerprint density at radius 2 is 1.92 bits per heavy atom. The Balaban J connectivity index is 2.02. The van der Waals surface area contributed by atoms with E-state index in [1.807, 2.05) is 6.92 Å². The van der Waals surface area contributed by atoms with Gasteiger partial charge in [-0.2, -0.15) is 0 Å². The lowest BCUT2D eigenvalue weighted by Gasteiger charge is -2.15. The van der Waals surface area contributed by atoms with E-state index < -0.39 is 0 Å². The number of nitrogens with zero attached hydrogens (tertiary/aromatic N) is 1. The van der Waals surface area contributed by atoms with Gasteiger partial charge in [0.2, 0.25) is 11.8 Å². The molecule has 2 aliphatic heterocycles. The molecule has 2 heterocycles. The largest absolute Gasteiger partial charge is 0.368 e. The first-order valence-electron chi connectivity index (χ1n) is 4.08. The summed E-state index contributed by atoms with van der Waals surface area (Å²) in [7, 11) is 0. The van der Waals surface area contributed by atoms with E-state index in [-0.39, 0.29) is 17.4 Å². The maximum absolute atomic E-state index is 11.1. The number of rotatable bonds is 2. The summed E-state index contributed by atoms with van der Waals surface area (Å²) < 4.78 is 5.11. The van der Waals surface area contributed by atoms with E-state index in [0.29, 0.717) is 26.0 Å². The zero-order valence-corrected chi connectivity index (χ0v) is 7.00. The molecule has 0 bridgehead atoms. The van der Waals surface area contributed by atoms with Crippen LogP contribution in [0.25, 0.3) is 0 Å². The Morgan fingerprint density at radius 3 is 2.33 bits per heavy atom.